The molecule has 0 atom stereocenters. The van der Waals surface area contributed by atoms with Crippen LogP contribution in [-0.2, 0) is 11.7 Å². The van der Waals surface area contributed by atoms with Crippen molar-refractivity contribution in [3.63, 3.8) is 0 Å². The maximum Gasteiger partial charge on any atom is 0.345 e. The number of halogens is 2. The zero-order valence-electron chi connectivity index (χ0n) is 12.7. The summed E-state index contributed by atoms with van der Waals surface area (Å²) >= 11 is 11.9. The van der Waals surface area contributed by atoms with Crippen molar-refractivity contribution >= 4 is 40.2 Å². The Hall–Kier alpha value is -1.59. The highest BCUT2D eigenvalue weighted by Crippen LogP contribution is 2.26. The molecule has 0 bridgehead atoms. The number of aromatic nitrogens is 2. The third kappa shape index (κ3) is 2.31. The fourth-order valence-electron chi connectivity index (χ4n) is 1.59. The summed E-state index contributed by atoms with van der Waals surface area (Å²) in [7, 11) is 0. The summed E-state index contributed by atoms with van der Waals surface area (Å²) in [6.45, 7) is -1.29. The van der Waals surface area contributed by atoms with Crippen molar-refractivity contribution in [2.24, 2.45) is 6.98 Å². The Morgan fingerprint density at radius 1 is 1.58 bits per heavy atom. The van der Waals surface area contributed by atoms with Gasteiger partial charge in [-0.05, 0) is 13.0 Å². The van der Waals surface area contributed by atoms with Gasteiger partial charge in [0.05, 0.1) is 16.7 Å². The molecule has 0 spiro atoms. The molecule has 0 aliphatic heterocycles. The third-order valence-electron chi connectivity index (χ3n) is 2.40. The lowest BCUT2D eigenvalue weighted by atomic mass is 10.2. The molecule has 0 saturated heterocycles. The molecule has 0 unspecified atom stereocenters. The molecule has 2 aromatic heterocycles. The molecular formula is C12H10Cl2N2O3. The number of carbonyl (C=O) groups excluding carboxylic acids is 1. The highest BCUT2D eigenvalue weighted by Gasteiger charge is 2.21. The average molecular weight is 304 g/mol. The van der Waals surface area contributed by atoms with Crippen LogP contribution in [0.15, 0.2) is 17.1 Å². The van der Waals surface area contributed by atoms with Crippen LogP contribution in [0, 0.1) is 0 Å². The zero-order valence-corrected chi connectivity index (χ0v) is 11.2. The Kier molecular flexibility index (Phi) is 2.79. The summed E-state index contributed by atoms with van der Waals surface area (Å²) in [6, 6.07) is 1.33. The normalized spacial score (nSPS) is 13.7. The molecule has 0 aromatic carbocycles. The van der Waals surface area contributed by atoms with Gasteiger partial charge in [-0.3, -0.25) is 9.36 Å². The van der Waals surface area contributed by atoms with Gasteiger partial charge in [-0.2, -0.15) is 0 Å². The standard InChI is InChI=1S/C12H10Cl2N2O3/c1-3-19-12(18)8-9(14)7-4-6(13)5-15-10(7)16(2)11(8)17/h4-5H,3H2,1-2H3/i2D3. The molecule has 5 nitrogen and oxygen atoms in total. The molecular weight excluding hydrogens is 291 g/mol. The lowest BCUT2D eigenvalue weighted by molar-refractivity contribution is 0.0524. The van der Waals surface area contributed by atoms with Crippen molar-refractivity contribution in [2.45, 2.75) is 6.92 Å². The molecule has 0 fully saturated rings. The predicted octanol–water partition coefficient (Wildman–Crippen LogP) is 2.42. The van der Waals surface area contributed by atoms with Gasteiger partial charge in [0.25, 0.3) is 5.56 Å². The maximum absolute atomic E-state index is 12.4. The van der Waals surface area contributed by atoms with Gasteiger partial charge in [0, 0.05) is 22.7 Å². The molecule has 7 heteroatoms. The molecule has 0 amide bonds. The Balaban J connectivity index is 2.99. The summed E-state index contributed by atoms with van der Waals surface area (Å²) in [6.07, 6.45) is 1.19. The lowest BCUT2D eigenvalue weighted by Gasteiger charge is -2.10. The zero-order chi connectivity index (χ0) is 16.7. The van der Waals surface area contributed by atoms with Gasteiger partial charge >= 0.3 is 5.97 Å². The Labute approximate surface area is 122 Å². The Morgan fingerprint density at radius 3 is 2.95 bits per heavy atom. The first-order chi connectivity index (χ1) is 10.2. The number of hydrogen-bond donors (Lipinski definition) is 0. The van der Waals surface area contributed by atoms with Crippen LogP contribution in [0.5, 0.6) is 0 Å². The SMILES string of the molecule is [2H]C([2H])([2H])n1c(=O)c(C(=O)OCC)c(Cl)c2cc(Cl)cnc21. The number of esters is 1. The van der Waals surface area contributed by atoms with Gasteiger partial charge in [0.2, 0.25) is 0 Å². The van der Waals surface area contributed by atoms with E-state index in [1.807, 2.05) is 0 Å². The fourth-order valence-corrected chi connectivity index (χ4v) is 2.04. The summed E-state index contributed by atoms with van der Waals surface area (Å²) in [4.78, 5) is 28.2. The lowest BCUT2D eigenvalue weighted by Crippen LogP contribution is -2.27. The van der Waals surface area contributed by atoms with Crippen molar-refractivity contribution in [3.8, 4) is 0 Å². The van der Waals surface area contributed by atoms with Crippen molar-refractivity contribution in [3.05, 3.63) is 38.2 Å². The average Bonchev–Trinajstić information content (AvgIpc) is 2.38. The fraction of sp³-hybridized carbons (Fsp3) is 0.250. The highest BCUT2D eigenvalue weighted by atomic mass is 35.5. The predicted molar refractivity (Wildman–Crippen MR) is 73.0 cm³/mol. The van der Waals surface area contributed by atoms with E-state index >= 15 is 0 Å². The van der Waals surface area contributed by atoms with Crippen LogP contribution in [0.2, 0.25) is 10.0 Å². The van der Waals surface area contributed by atoms with E-state index in [0.29, 0.717) is 4.57 Å². The van der Waals surface area contributed by atoms with Crippen LogP contribution < -0.4 is 5.56 Å². The first-order valence-electron chi connectivity index (χ1n) is 6.75. The smallest absolute Gasteiger partial charge is 0.345 e. The topological polar surface area (TPSA) is 61.2 Å². The molecule has 2 rings (SSSR count). The minimum atomic E-state index is -2.85. The van der Waals surface area contributed by atoms with Gasteiger partial charge in [0.15, 0.2) is 0 Å². The minimum absolute atomic E-state index is 0.00814. The van der Waals surface area contributed by atoms with Crippen LogP contribution in [0.4, 0.5) is 0 Å². The number of pyridine rings is 2. The van der Waals surface area contributed by atoms with Gasteiger partial charge in [-0.15, -0.1) is 0 Å². The summed E-state index contributed by atoms with van der Waals surface area (Å²) in [5, 5.41) is 0.0156. The third-order valence-corrected chi connectivity index (χ3v) is 3.00. The Morgan fingerprint density at radius 2 is 2.32 bits per heavy atom. The summed E-state index contributed by atoms with van der Waals surface area (Å²) in [5.74, 6) is -1.00. The van der Waals surface area contributed by atoms with E-state index in [-0.39, 0.29) is 27.7 Å². The molecule has 0 N–H and O–H groups in total. The van der Waals surface area contributed by atoms with Crippen molar-refractivity contribution in [1.29, 1.82) is 0 Å². The van der Waals surface area contributed by atoms with E-state index in [0.717, 1.165) is 0 Å². The van der Waals surface area contributed by atoms with E-state index in [1.165, 1.54) is 12.3 Å². The molecule has 0 radical (unpaired) electrons. The molecule has 0 aliphatic rings. The number of aryl methyl sites for hydroxylation is 1. The van der Waals surface area contributed by atoms with Crippen LogP contribution >= 0.6 is 23.2 Å². The number of fused-ring (bicyclic) bond motifs is 1. The van der Waals surface area contributed by atoms with E-state index in [1.54, 1.807) is 6.92 Å². The van der Waals surface area contributed by atoms with Crippen LogP contribution in [0.1, 0.15) is 21.4 Å². The number of nitrogens with zero attached hydrogens (tertiary/aromatic N) is 2. The van der Waals surface area contributed by atoms with Crippen LogP contribution in [0.3, 0.4) is 0 Å². The highest BCUT2D eigenvalue weighted by molar-refractivity contribution is 6.38. The van der Waals surface area contributed by atoms with Gasteiger partial charge in [0.1, 0.15) is 11.2 Å². The largest absolute Gasteiger partial charge is 0.462 e. The summed E-state index contributed by atoms with van der Waals surface area (Å²) < 4.78 is 27.7. The second kappa shape index (κ2) is 5.19. The monoisotopic (exact) mass is 303 g/mol. The van der Waals surface area contributed by atoms with E-state index in [4.69, 9.17) is 32.1 Å². The van der Waals surface area contributed by atoms with Crippen molar-refractivity contribution < 1.29 is 13.6 Å². The molecule has 2 aromatic rings. The van der Waals surface area contributed by atoms with Crippen molar-refractivity contribution in [1.82, 2.24) is 9.55 Å². The van der Waals surface area contributed by atoms with Crippen LogP contribution in [0.25, 0.3) is 11.0 Å². The van der Waals surface area contributed by atoms with Gasteiger partial charge < -0.3 is 4.74 Å². The number of rotatable bonds is 2. The quantitative estimate of drug-likeness (QED) is 0.799. The summed E-state index contributed by atoms with van der Waals surface area (Å²) in [5.41, 5.74) is -1.84. The van der Waals surface area contributed by atoms with E-state index in [9.17, 15) is 9.59 Å². The Bertz CT molecular complexity index is 818. The molecule has 19 heavy (non-hydrogen) atoms. The second-order valence-electron chi connectivity index (χ2n) is 3.57. The second-order valence-corrected chi connectivity index (χ2v) is 4.39. The molecule has 100 valence electrons. The van der Waals surface area contributed by atoms with E-state index < -0.39 is 24.1 Å². The first-order valence-corrected chi connectivity index (χ1v) is 6.01. The number of hydrogen-bond acceptors (Lipinski definition) is 4. The maximum atomic E-state index is 12.4. The van der Waals surface area contributed by atoms with Crippen molar-refractivity contribution in [2.75, 3.05) is 6.61 Å². The number of ether oxygens (including phenoxy) is 1. The van der Waals surface area contributed by atoms with Gasteiger partial charge in [-0.1, -0.05) is 23.2 Å². The van der Waals surface area contributed by atoms with E-state index in [2.05, 4.69) is 4.98 Å². The molecule has 0 aliphatic carbocycles. The molecule has 2 heterocycles. The number of carbonyl (C=O) groups is 1. The molecule has 0 saturated carbocycles. The van der Waals surface area contributed by atoms with Gasteiger partial charge in [-0.25, -0.2) is 9.78 Å². The first kappa shape index (κ1) is 10.2. The van der Waals surface area contributed by atoms with Crippen LogP contribution in [-0.4, -0.2) is 22.1 Å². The minimum Gasteiger partial charge on any atom is -0.462 e.